The van der Waals surface area contributed by atoms with Crippen LogP contribution < -0.4 is 10.6 Å². The minimum absolute atomic E-state index is 0.0289. The van der Waals surface area contributed by atoms with Gasteiger partial charge in [0.25, 0.3) is 0 Å². The van der Waals surface area contributed by atoms with Crippen LogP contribution in [0.3, 0.4) is 0 Å². The van der Waals surface area contributed by atoms with E-state index in [1.807, 2.05) is 20.8 Å². The van der Waals surface area contributed by atoms with E-state index in [2.05, 4.69) is 16.7 Å². The van der Waals surface area contributed by atoms with Gasteiger partial charge in [-0.2, -0.15) is 0 Å². The molecule has 0 bridgehead atoms. The molecule has 1 aliphatic carbocycles. The molecule has 1 heterocycles. The number of rotatable bonds is 9. The van der Waals surface area contributed by atoms with Gasteiger partial charge in [-0.1, -0.05) is 11.6 Å². The van der Waals surface area contributed by atoms with Gasteiger partial charge >= 0.3 is 12.2 Å². The fourth-order valence-electron chi connectivity index (χ4n) is 4.65. The van der Waals surface area contributed by atoms with Crippen molar-refractivity contribution in [1.29, 1.82) is 0 Å². The lowest BCUT2D eigenvalue weighted by Gasteiger charge is -2.48. The third-order valence-corrected chi connectivity index (χ3v) is 6.76. The number of halogens is 1. The van der Waals surface area contributed by atoms with Gasteiger partial charge < -0.3 is 34.7 Å². The van der Waals surface area contributed by atoms with Crippen molar-refractivity contribution in [2.75, 3.05) is 26.1 Å². The summed E-state index contributed by atoms with van der Waals surface area (Å²) in [4.78, 5) is 24.1. The molecule has 2 aliphatic rings. The van der Waals surface area contributed by atoms with Gasteiger partial charge in [-0.15, -0.1) is 11.6 Å². The van der Waals surface area contributed by atoms with Crippen LogP contribution in [-0.2, 0) is 18.9 Å². The van der Waals surface area contributed by atoms with Gasteiger partial charge in [0.05, 0.1) is 23.5 Å². The van der Waals surface area contributed by atoms with E-state index < -0.39 is 47.1 Å². The topological polar surface area (TPSA) is 119 Å². The van der Waals surface area contributed by atoms with E-state index in [1.165, 1.54) is 12.7 Å². The van der Waals surface area contributed by atoms with Crippen LogP contribution in [0.15, 0.2) is 11.6 Å². The molecule has 9 nitrogen and oxygen atoms in total. The van der Waals surface area contributed by atoms with Gasteiger partial charge in [0.2, 0.25) is 0 Å². The SMILES string of the molecule is CO[C@@H]1[C@H](OC(=O)NCCNC(=O)OC(C)(C)C)CC[C@](O)(CCl)[C@H]1[C@@]1(C)O[C@@H]1CC=C(C)C. The fraction of sp³-hybridized carbons (Fsp3) is 0.833. The number of alkyl carbamates (subject to hydrolysis) is 2. The first-order valence-corrected chi connectivity index (χ1v) is 12.3. The first kappa shape index (κ1) is 28.7. The summed E-state index contributed by atoms with van der Waals surface area (Å²) >= 11 is 6.21. The largest absolute Gasteiger partial charge is 0.444 e. The summed E-state index contributed by atoms with van der Waals surface area (Å²) in [7, 11) is 1.54. The Hall–Kier alpha value is -1.55. The van der Waals surface area contributed by atoms with Crippen LogP contribution in [0.5, 0.6) is 0 Å². The van der Waals surface area contributed by atoms with Crippen molar-refractivity contribution >= 4 is 23.8 Å². The monoisotopic (exact) mass is 504 g/mol. The number of aliphatic hydroxyl groups is 1. The maximum atomic E-state index is 12.4. The van der Waals surface area contributed by atoms with E-state index in [9.17, 15) is 14.7 Å². The Labute approximate surface area is 207 Å². The van der Waals surface area contributed by atoms with Crippen LogP contribution in [-0.4, -0.2) is 78.5 Å². The van der Waals surface area contributed by atoms with Gasteiger partial charge in [0.1, 0.15) is 23.4 Å². The van der Waals surface area contributed by atoms with E-state index in [4.69, 9.17) is 30.5 Å². The van der Waals surface area contributed by atoms with Crippen molar-refractivity contribution in [1.82, 2.24) is 10.6 Å². The number of nitrogens with one attached hydrogen (secondary N) is 2. The van der Waals surface area contributed by atoms with Gasteiger partial charge in [-0.3, -0.25) is 0 Å². The zero-order chi connectivity index (χ0) is 25.7. The molecule has 6 atom stereocenters. The maximum absolute atomic E-state index is 12.4. The predicted molar refractivity (Wildman–Crippen MR) is 129 cm³/mol. The standard InChI is InChI=1S/C24H41ClN2O7/c1-15(2)8-9-17-23(6,33-17)19-18(31-7)16(10-11-24(19,30)14-25)32-20(28)26-12-13-27-21(29)34-22(3,4)5/h8,16-19,30H,9-14H2,1-7H3,(H,26,28)(H,27,29)/t16-,17-,18-,19-,23+,24+/m1/s1. The van der Waals surface area contributed by atoms with E-state index in [1.54, 1.807) is 20.8 Å². The second-order valence-corrected chi connectivity index (χ2v) is 10.8. The molecule has 0 radical (unpaired) electrons. The van der Waals surface area contributed by atoms with Crippen LogP contribution in [0.4, 0.5) is 9.59 Å². The van der Waals surface area contributed by atoms with Crippen molar-refractivity contribution in [3.05, 3.63) is 11.6 Å². The van der Waals surface area contributed by atoms with E-state index in [-0.39, 0.29) is 25.1 Å². The molecule has 2 amide bonds. The zero-order valence-electron chi connectivity index (χ0n) is 21.4. The lowest BCUT2D eigenvalue weighted by molar-refractivity contribution is -0.170. The lowest BCUT2D eigenvalue weighted by Crippen LogP contribution is -2.61. The summed E-state index contributed by atoms with van der Waals surface area (Å²) < 4.78 is 22.6. The number of allylic oxidation sites excluding steroid dienone is 1. The van der Waals surface area contributed by atoms with Crippen molar-refractivity contribution in [3.63, 3.8) is 0 Å². The maximum Gasteiger partial charge on any atom is 0.407 e. The lowest BCUT2D eigenvalue weighted by atomic mass is 9.66. The number of carbonyl (C=O) groups is 2. The van der Waals surface area contributed by atoms with Crippen LogP contribution in [0.1, 0.15) is 60.8 Å². The summed E-state index contributed by atoms with van der Waals surface area (Å²) in [5.41, 5.74) is -1.26. The van der Waals surface area contributed by atoms with Gasteiger partial charge in [-0.25, -0.2) is 9.59 Å². The number of ether oxygens (including phenoxy) is 4. The molecule has 0 spiro atoms. The van der Waals surface area contributed by atoms with Crippen LogP contribution >= 0.6 is 11.6 Å². The molecule has 0 aromatic heterocycles. The average molecular weight is 505 g/mol. The van der Waals surface area contributed by atoms with Crippen LogP contribution in [0.25, 0.3) is 0 Å². The Bertz CT molecular complexity index is 752. The molecular weight excluding hydrogens is 464 g/mol. The van der Waals surface area contributed by atoms with Gasteiger partial charge in [0, 0.05) is 20.2 Å². The molecule has 1 saturated carbocycles. The number of amides is 2. The summed E-state index contributed by atoms with van der Waals surface area (Å²) in [6.07, 6.45) is 1.14. The van der Waals surface area contributed by atoms with Gasteiger partial charge in [-0.05, 0) is 60.8 Å². The van der Waals surface area contributed by atoms with Gasteiger partial charge in [0.15, 0.2) is 0 Å². The molecule has 0 aromatic carbocycles. The van der Waals surface area contributed by atoms with Crippen molar-refractivity contribution in [2.45, 2.75) is 95.9 Å². The highest BCUT2D eigenvalue weighted by Crippen LogP contribution is 2.54. The molecule has 10 heteroatoms. The Morgan fingerprint density at radius 3 is 2.35 bits per heavy atom. The van der Waals surface area contributed by atoms with Crippen molar-refractivity contribution in [3.8, 4) is 0 Å². The number of carbonyl (C=O) groups excluding carboxylic acids is 2. The third kappa shape index (κ3) is 7.47. The quantitative estimate of drug-likeness (QED) is 0.190. The highest BCUT2D eigenvalue weighted by molar-refractivity contribution is 6.18. The normalized spacial score (nSPS) is 33.0. The van der Waals surface area contributed by atoms with E-state index >= 15 is 0 Å². The second-order valence-electron chi connectivity index (χ2n) is 10.6. The summed E-state index contributed by atoms with van der Waals surface area (Å²) in [6.45, 7) is 11.7. The molecule has 1 aliphatic heterocycles. The average Bonchev–Trinajstić information content (AvgIpc) is 3.39. The Morgan fingerprint density at radius 1 is 1.21 bits per heavy atom. The summed E-state index contributed by atoms with van der Waals surface area (Å²) in [5, 5.41) is 16.5. The molecular formula is C24H41ClN2O7. The first-order chi connectivity index (χ1) is 15.8. The highest BCUT2D eigenvalue weighted by Gasteiger charge is 2.67. The second kappa shape index (κ2) is 11.5. The number of hydrogen-bond acceptors (Lipinski definition) is 7. The minimum atomic E-state index is -1.20. The predicted octanol–water partition coefficient (Wildman–Crippen LogP) is 3.51. The van der Waals surface area contributed by atoms with Crippen LogP contribution in [0, 0.1) is 5.92 Å². The molecule has 34 heavy (non-hydrogen) atoms. The smallest absolute Gasteiger partial charge is 0.407 e. The third-order valence-electron chi connectivity index (χ3n) is 6.30. The number of alkyl halides is 1. The summed E-state index contributed by atoms with van der Waals surface area (Å²) in [6, 6.07) is 0. The van der Waals surface area contributed by atoms with E-state index in [0.717, 1.165) is 6.42 Å². The fourth-order valence-corrected chi connectivity index (χ4v) is 4.95. The molecule has 0 unspecified atom stereocenters. The molecule has 0 aromatic rings. The zero-order valence-corrected chi connectivity index (χ0v) is 22.2. The summed E-state index contributed by atoms with van der Waals surface area (Å²) in [5.74, 6) is -0.445. The minimum Gasteiger partial charge on any atom is -0.444 e. The molecule has 3 N–H and O–H groups in total. The molecule has 196 valence electrons. The molecule has 2 rings (SSSR count). The highest BCUT2D eigenvalue weighted by atomic mass is 35.5. The first-order valence-electron chi connectivity index (χ1n) is 11.8. The van der Waals surface area contributed by atoms with Crippen molar-refractivity contribution in [2.24, 2.45) is 5.92 Å². The number of epoxide rings is 1. The molecule has 1 saturated heterocycles. The number of methoxy groups -OCH3 is 1. The van der Waals surface area contributed by atoms with Crippen molar-refractivity contribution < 1.29 is 33.6 Å². The Balaban J connectivity index is 1.96. The molecule has 2 fully saturated rings. The number of hydrogen-bond donors (Lipinski definition) is 3. The Morgan fingerprint density at radius 2 is 1.82 bits per heavy atom. The van der Waals surface area contributed by atoms with Crippen LogP contribution in [0.2, 0.25) is 0 Å². The Kier molecular flexibility index (Phi) is 9.67. The van der Waals surface area contributed by atoms with E-state index in [0.29, 0.717) is 12.8 Å².